The Labute approximate surface area is 138 Å². The van der Waals surface area contributed by atoms with Crippen LogP contribution in [0.1, 0.15) is 30.7 Å². The Bertz CT molecular complexity index is 514. The van der Waals surface area contributed by atoms with Gasteiger partial charge in [-0.2, -0.15) is 0 Å². The SMILES string of the molecule is CN(C)CCN(C[C@@H]1CCCO1)C(=O)[C@H]1C[C@H]1c1cccnc1. The summed E-state index contributed by atoms with van der Waals surface area (Å²) in [5, 5.41) is 0. The lowest BCUT2D eigenvalue weighted by Crippen LogP contribution is -2.42. The summed E-state index contributed by atoms with van der Waals surface area (Å²) >= 11 is 0. The van der Waals surface area contributed by atoms with E-state index in [2.05, 4.69) is 16.0 Å². The molecule has 2 fully saturated rings. The molecule has 0 N–H and O–H groups in total. The van der Waals surface area contributed by atoms with Gasteiger partial charge in [0.15, 0.2) is 0 Å². The van der Waals surface area contributed by atoms with Gasteiger partial charge in [-0.15, -0.1) is 0 Å². The van der Waals surface area contributed by atoms with Gasteiger partial charge in [0, 0.05) is 44.6 Å². The molecule has 5 heteroatoms. The number of pyridine rings is 1. The van der Waals surface area contributed by atoms with Crippen molar-refractivity contribution in [2.24, 2.45) is 5.92 Å². The van der Waals surface area contributed by atoms with Gasteiger partial charge in [-0.05, 0) is 50.9 Å². The first-order chi connectivity index (χ1) is 11.1. The molecule has 0 unspecified atom stereocenters. The molecule has 1 saturated heterocycles. The molecule has 0 spiro atoms. The predicted molar refractivity (Wildman–Crippen MR) is 89.2 cm³/mol. The van der Waals surface area contributed by atoms with Crippen LogP contribution < -0.4 is 0 Å². The zero-order chi connectivity index (χ0) is 16.2. The summed E-state index contributed by atoms with van der Waals surface area (Å²) in [5.74, 6) is 0.765. The van der Waals surface area contributed by atoms with Gasteiger partial charge in [0.2, 0.25) is 5.91 Å². The second-order valence-electron chi connectivity index (χ2n) is 6.96. The number of amides is 1. The number of ether oxygens (including phenoxy) is 1. The number of hydrogen-bond donors (Lipinski definition) is 0. The molecule has 3 rings (SSSR count). The molecule has 0 aromatic carbocycles. The summed E-state index contributed by atoms with van der Waals surface area (Å²) in [6, 6.07) is 4.03. The third kappa shape index (κ3) is 4.30. The van der Waals surface area contributed by atoms with E-state index in [0.717, 1.165) is 45.5 Å². The quantitative estimate of drug-likeness (QED) is 0.769. The minimum Gasteiger partial charge on any atom is -0.376 e. The molecule has 0 bridgehead atoms. The molecule has 126 valence electrons. The zero-order valence-electron chi connectivity index (χ0n) is 14.1. The van der Waals surface area contributed by atoms with Gasteiger partial charge in [-0.3, -0.25) is 9.78 Å². The molecule has 2 heterocycles. The number of nitrogens with zero attached hydrogens (tertiary/aromatic N) is 3. The molecule has 0 radical (unpaired) electrons. The lowest BCUT2D eigenvalue weighted by Gasteiger charge is -2.27. The summed E-state index contributed by atoms with van der Waals surface area (Å²) in [4.78, 5) is 21.2. The fourth-order valence-electron chi connectivity index (χ4n) is 3.31. The number of rotatable bonds is 7. The van der Waals surface area contributed by atoms with Crippen LogP contribution in [0.4, 0.5) is 0 Å². The molecule has 5 nitrogen and oxygen atoms in total. The Kier molecular flexibility index (Phi) is 5.28. The molecular formula is C18H27N3O2. The number of hydrogen-bond acceptors (Lipinski definition) is 4. The van der Waals surface area contributed by atoms with E-state index < -0.39 is 0 Å². The van der Waals surface area contributed by atoms with Gasteiger partial charge in [0.25, 0.3) is 0 Å². The average molecular weight is 317 g/mol. The van der Waals surface area contributed by atoms with Crippen LogP contribution in [0.5, 0.6) is 0 Å². The van der Waals surface area contributed by atoms with E-state index in [1.54, 1.807) is 6.20 Å². The minimum absolute atomic E-state index is 0.128. The molecule has 1 aliphatic heterocycles. The Morgan fingerprint density at radius 3 is 2.91 bits per heavy atom. The van der Waals surface area contributed by atoms with E-state index in [4.69, 9.17) is 4.74 Å². The third-order valence-electron chi connectivity index (χ3n) is 4.80. The Morgan fingerprint density at radius 1 is 1.39 bits per heavy atom. The molecule has 1 saturated carbocycles. The summed E-state index contributed by atoms with van der Waals surface area (Å²) in [6.45, 7) is 3.25. The van der Waals surface area contributed by atoms with E-state index in [9.17, 15) is 4.79 Å². The summed E-state index contributed by atoms with van der Waals surface area (Å²) in [7, 11) is 4.09. The van der Waals surface area contributed by atoms with E-state index in [1.807, 2.05) is 31.3 Å². The van der Waals surface area contributed by atoms with E-state index >= 15 is 0 Å². The standard InChI is InChI=1S/C18H27N3O2/c1-20(2)8-9-21(13-15-6-4-10-23-15)18(22)17-11-16(17)14-5-3-7-19-12-14/h3,5,7,12,15-17H,4,6,8-11,13H2,1-2H3/t15-,16-,17-/m0/s1. The monoisotopic (exact) mass is 317 g/mol. The molecule has 1 aromatic rings. The van der Waals surface area contributed by atoms with Crippen molar-refractivity contribution in [3.05, 3.63) is 30.1 Å². The maximum Gasteiger partial charge on any atom is 0.226 e. The van der Waals surface area contributed by atoms with Crippen molar-refractivity contribution in [2.45, 2.75) is 31.3 Å². The van der Waals surface area contributed by atoms with Gasteiger partial charge in [0.05, 0.1) is 6.10 Å². The molecule has 1 aliphatic carbocycles. The number of likely N-dealkylation sites (N-methyl/N-ethyl adjacent to an activating group) is 1. The summed E-state index contributed by atoms with van der Waals surface area (Å²) in [6.07, 6.45) is 7.03. The zero-order valence-corrected chi connectivity index (χ0v) is 14.1. The largest absolute Gasteiger partial charge is 0.376 e. The first-order valence-corrected chi connectivity index (χ1v) is 8.60. The molecule has 3 atom stereocenters. The highest BCUT2D eigenvalue weighted by atomic mass is 16.5. The van der Waals surface area contributed by atoms with Gasteiger partial charge >= 0.3 is 0 Å². The van der Waals surface area contributed by atoms with Crippen molar-refractivity contribution in [1.82, 2.24) is 14.8 Å². The van der Waals surface area contributed by atoms with Gasteiger partial charge in [0.1, 0.15) is 0 Å². The van der Waals surface area contributed by atoms with Crippen molar-refractivity contribution in [2.75, 3.05) is 40.3 Å². The smallest absolute Gasteiger partial charge is 0.226 e. The molecule has 2 aliphatic rings. The Morgan fingerprint density at radius 2 is 2.26 bits per heavy atom. The molecule has 1 amide bonds. The van der Waals surface area contributed by atoms with Crippen LogP contribution in [0.2, 0.25) is 0 Å². The normalized spacial score (nSPS) is 26.5. The number of carbonyl (C=O) groups is 1. The van der Waals surface area contributed by atoms with Crippen LogP contribution in [0, 0.1) is 5.92 Å². The van der Waals surface area contributed by atoms with Crippen LogP contribution in [-0.4, -0.2) is 67.1 Å². The minimum atomic E-state index is 0.128. The highest BCUT2D eigenvalue weighted by Gasteiger charge is 2.46. The first kappa shape index (κ1) is 16.4. The number of aromatic nitrogens is 1. The van der Waals surface area contributed by atoms with Crippen LogP contribution in [0.3, 0.4) is 0 Å². The molecule has 1 aromatic heterocycles. The second kappa shape index (κ2) is 7.41. The van der Waals surface area contributed by atoms with Crippen LogP contribution in [0.25, 0.3) is 0 Å². The predicted octanol–water partition coefficient (Wildman–Crippen LogP) is 1.75. The second-order valence-corrected chi connectivity index (χ2v) is 6.96. The van der Waals surface area contributed by atoms with Crippen molar-refractivity contribution >= 4 is 5.91 Å². The topological polar surface area (TPSA) is 45.7 Å². The Hall–Kier alpha value is -1.46. The van der Waals surface area contributed by atoms with Crippen LogP contribution in [-0.2, 0) is 9.53 Å². The summed E-state index contributed by atoms with van der Waals surface area (Å²) < 4.78 is 5.73. The van der Waals surface area contributed by atoms with Gasteiger partial charge in [-0.1, -0.05) is 6.07 Å². The average Bonchev–Trinajstić information content (AvgIpc) is 3.20. The lowest BCUT2D eigenvalue weighted by molar-refractivity contribution is -0.134. The van der Waals surface area contributed by atoms with E-state index in [1.165, 1.54) is 5.56 Å². The Balaban J connectivity index is 1.60. The first-order valence-electron chi connectivity index (χ1n) is 8.60. The highest BCUT2D eigenvalue weighted by Crippen LogP contribution is 2.48. The van der Waals surface area contributed by atoms with Crippen molar-refractivity contribution in [3.63, 3.8) is 0 Å². The lowest BCUT2D eigenvalue weighted by atomic mass is 10.1. The van der Waals surface area contributed by atoms with Crippen LogP contribution in [0.15, 0.2) is 24.5 Å². The van der Waals surface area contributed by atoms with Crippen molar-refractivity contribution in [1.29, 1.82) is 0 Å². The van der Waals surface area contributed by atoms with E-state index in [-0.39, 0.29) is 17.9 Å². The fraction of sp³-hybridized carbons (Fsp3) is 0.667. The highest BCUT2D eigenvalue weighted by molar-refractivity contribution is 5.83. The van der Waals surface area contributed by atoms with Crippen LogP contribution >= 0.6 is 0 Å². The van der Waals surface area contributed by atoms with Gasteiger partial charge in [-0.25, -0.2) is 0 Å². The summed E-state index contributed by atoms with van der Waals surface area (Å²) in [5.41, 5.74) is 1.19. The molecular weight excluding hydrogens is 290 g/mol. The van der Waals surface area contributed by atoms with Crippen molar-refractivity contribution in [3.8, 4) is 0 Å². The maximum atomic E-state index is 12.9. The maximum absolute atomic E-state index is 12.9. The number of carbonyl (C=O) groups excluding carboxylic acids is 1. The third-order valence-corrected chi connectivity index (χ3v) is 4.80. The van der Waals surface area contributed by atoms with Gasteiger partial charge < -0.3 is 14.5 Å². The van der Waals surface area contributed by atoms with Crippen molar-refractivity contribution < 1.29 is 9.53 Å². The fourth-order valence-corrected chi connectivity index (χ4v) is 3.31. The molecule has 23 heavy (non-hydrogen) atoms. The van der Waals surface area contributed by atoms with E-state index in [0.29, 0.717) is 5.92 Å².